The van der Waals surface area contributed by atoms with Gasteiger partial charge in [0.15, 0.2) is 5.69 Å². The molecule has 2 aromatic heterocycles. The zero-order valence-corrected chi connectivity index (χ0v) is 19.6. The normalized spacial score (nSPS) is 11.3. The lowest BCUT2D eigenvalue weighted by atomic mass is 10.1. The number of carbonyl (C=O) groups is 1. The third-order valence-corrected chi connectivity index (χ3v) is 5.16. The van der Waals surface area contributed by atoms with E-state index >= 15 is 0 Å². The van der Waals surface area contributed by atoms with Crippen molar-refractivity contribution in [3.05, 3.63) is 69.1 Å². The summed E-state index contributed by atoms with van der Waals surface area (Å²) in [6.07, 6.45) is 4.26. The van der Waals surface area contributed by atoms with Gasteiger partial charge in [0.05, 0.1) is 11.9 Å². The molecule has 3 rings (SSSR count). The summed E-state index contributed by atoms with van der Waals surface area (Å²) in [6, 6.07) is 9.71. The second-order valence-electron chi connectivity index (χ2n) is 9.02. The molecule has 0 aliphatic rings. The van der Waals surface area contributed by atoms with Gasteiger partial charge in [-0.1, -0.05) is 45.9 Å². The minimum atomic E-state index is -0.650. The topological polar surface area (TPSA) is 119 Å². The van der Waals surface area contributed by atoms with Crippen LogP contribution in [0.2, 0.25) is 0 Å². The quantitative estimate of drug-likeness (QED) is 0.517. The summed E-state index contributed by atoms with van der Waals surface area (Å²) >= 11 is 0. The maximum atomic E-state index is 13.3. The number of nitrogens with two attached hydrogens (primary N) is 1. The third-order valence-electron chi connectivity index (χ3n) is 5.16. The molecule has 0 aliphatic carbocycles. The zero-order chi connectivity index (χ0) is 24.1. The number of para-hydroxylation sites is 1. The van der Waals surface area contributed by atoms with Crippen LogP contribution in [-0.2, 0) is 17.8 Å². The number of aromatic amines is 1. The van der Waals surface area contributed by atoms with Crippen molar-refractivity contribution in [3.63, 3.8) is 0 Å². The Morgan fingerprint density at radius 2 is 1.82 bits per heavy atom. The standard InChI is InChI=1S/C24H32N6O3/c1-16(2)13-28(21-22(25)29(14-17(3)4)24(33)27-23(21)32)20(31)11-10-18-12-26-30(15-18)19-8-6-5-7-9-19/h5-9,12,15-17H,10-11,13-14,25H2,1-4H3,(H,27,32,33). The summed E-state index contributed by atoms with van der Waals surface area (Å²) in [6.45, 7) is 8.47. The summed E-state index contributed by atoms with van der Waals surface area (Å²) in [7, 11) is 0. The summed E-state index contributed by atoms with van der Waals surface area (Å²) in [5.74, 6) is 0.0182. The number of H-pyrrole nitrogens is 1. The van der Waals surface area contributed by atoms with E-state index in [9.17, 15) is 14.4 Å². The summed E-state index contributed by atoms with van der Waals surface area (Å²) in [5.41, 5.74) is 6.92. The molecule has 33 heavy (non-hydrogen) atoms. The number of hydrogen-bond donors (Lipinski definition) is 2. The van der Waals surface area contributed by atoms with Gasteiger partial charge in [-0.15, -0.1) is 0 Å². The minimum Gasteiger partial charge on any atom is -0.383 e. The average molecular weight is 453 g/mol. The number of nitrogens with one attached hydrogen (secondary N) is 1. The first-order chi connectivity index (χ1) is 15.7. The molecule has 0 fully saturated rings. The predicted octanol–water partition coefficient (Wildman–Crippen LogP) is 2.58. The van der Waals surface area contributed by atoms with Crippen molar-refractivity contribution >= 4 is 17.4 Å². The van der Waals surface area contributed by atoms with E-state index < -0.39 is 11.2 Å². The Hall–Kier alpha value is -3.62. The van der Waals surface area contributed by atoms with E-state index in [2.05, 4.69) is 10.1 Å². The van der Waals surface area contributed by atoms with Crippen LogP contribution in [0.1, 0.15) is 39.7 Å². The van der Waals surface area contributed by atoms with E-state index in [-0.39, 0.29) is 35.7 Å². The molecule has 0 radical (unpaired) electrons. The molecule has 0 aliphatic heterocycles. The summed E-state index contributed by atoms with van der Waals surface area (Å²) in [5, 5.41) is 4.37. The number of rotatable bonds is 9. The highest BCUT2D eigenvalue weighted by Crippen LogP contribution is 2.21. The van der Waals surface area contributed by atoms with Crippen LogP contribution in [0.3, 0.4) is 0 Å². The number of nitrogens with zero attached hydrogens (tertiary/aromatic N) is 4. The van der Waals surface area contributed by atoms with Gasteiger partial charge in [0.25, 0.3) is 5.56 Å². The Morgan fingerprint density at radius 1 is 1.12 bits per heavy atom. The lowest BCUT2D eigenvalue weighted by Gasteiger charge is -2.26. The van der Waals surface area contributed by atoms with Gasteiger partial charge in [-0.3, -0.25) is 19.1 Å². The molecule has 1 amide bonds. The van der Waals surface area contributed by atoms with Gasteiger partial charge in [0, 0.05) is 25.7 Å². The lowest BCUT2D eigenvalue weighted by Crippen LogP contribution is -2.43. The Morgan fingerprint density at radius 3 is 2.45 bits per heavy atom. The molecular weight excluding hydrogens is 420 g/mol. The van der Waals surface area contributed by atoms with Crippen molar-refractivity contribution in [3.8, 4) is 5.69 Å². The first-order valence-electron chi connectivity index (χ1n) is 11.2. The Bertz CT molecular complexity index is 1210. The van der Waals surface area contributed by atoms with Crippen molar-refractivity contribution in [2.45, 2.75) is 47.1 Å². The fourth-order valence-electron chi connectivity index (χ4n) is 3.66. The SMILES string of the molecule is CC(C)CN(C(=O)CCc1cnn(-c2ccccc2)c1)c1c(N)n(CC(C)C)c(=O)[nH]c1=O. The van der Waals surface area contributed by atoms with Crippen molar-refractivity contribution in [1.29, 1.82) is 0 Å². The number of nitrogen functional groups attached to an aromatic ring is 1. The Kier molecular flexibility index (Phi) is 7.52. The van der Waals surface area contributed by atoms with Gasteiger partial charge in [-0.05, 0) is 36.0 Å². The van der Waals surface area contributed by atoms with Crippen LogP contribution in [0.15, 0.2) is 52.3 Å². The lowest BCUT2D eigenvalue weighted by molar-refractivity contribution is -0.118. The van der Waals surface area contributed by atoms with Crippen LogP contribution in [0, 0.1) is 11.8 Å². The number of amides is 1. The monoisotopic (exact) mass is 452 g/mol. The number of benzene rings is 1. The second kappa shape index (κ2) is 10.3. The highest BCUT2D eigenvalue weighted by atomic mass is 16.2. The maximum Gasteiger partial charge on any atom is 0.330 e. The Labute approximate surface area is 192 Å². The fraction of sp³-hybridized carbons (Fsp3) is 0.417. The van der Waals surface area contributed by atoms with Gasteiger partial charge in [0.1, 0.15) is 5.82 Å². The first kappa shape index (κ1) is 24.0. The van der Waals surface area contributed by atoms with Gasteiger partial charge in [0.2, 0.25) is 5.91 Å². The molecule has 0 unspecified atom stereocenters. The van der Waals surface area contributed by atoms with Crippen molar-refractivity contribution in [2.75, 3.05) is 17.2 Å². The third kappa shape index (κ3) is 5.79. The van der Waals surface area contributed by atoms with Gasteiger partial charge in [-0.25, -0.2) is 9.48 Å². The molecule has 2 heterocycles. The van der Waals surface area contributed by atoms with E-state index in [1.54, 1.807) is 10.9 Å². The van der Waals surface area contributed by atoms with Gasteiger partial charge < -0.3 is 10.6 Å². The Balaban J connectivity index is 1.85. The van der Waals surface area contributed by atoms with Crippen molar-refractivity contribution in [1.82, 2.24) is 19.3 Å². The van der Waals surface area contributed by atoms with Crippen LogP contribution in [0.5, 0.6) is 0 Å². The second-order valence-corrected chi connectivity index (χ2v) is 9.02. The minimum absolute atomic E-state index is 0.0170. The molecule has 3 aromatic rings. The molecule has 0 saturated heterocycles. The van der Waals surface area contributed by atoms with Crippen LogP contribution >= 0.6 is 0 Å². The molecule has 0 spiro atoms. The van der Waals surface area contributed by atoms with E-state index in [4.69, 9.17) is 5.73 Å². The van der Waals surface area contributed by atoms with E-state index in [1.807, 2.05) is 64.2 Å². The van der Waals surface area contributed by atoms with Crippen molar-refractivity contribution in [2.24, 2.45) is 11.8 Å². The summed E-state index contributed by atoms with van der Waals surface area (Å²) in [4.78, 5) is 42.0. The van der Waals surface area contributed by atoms with Gasteiger partial charge in [-0.2, -0.15) is 5.10 Å². The van der Waals surface area contributed by atoms with E-state index in [0.717, 1.165) is 11.3 Å². The molecule has 0 saturated carbocycles. The largest absolute Gasteiger partial charge is 0.383 e. The zero-order valence-electron chi connectivity index (χ0n) is 19.6. The highest BCUT2D eigenvalue weighted by Gasteiger charge is 2.25. The molecule has 3 N–H and O–H groups in total. The van der Waals surface area contributed by atoms with E-state index in [0.29, 0.717) is 19.5 Å². The maximum absolute atomic E-state index is 13.3. The number of aryl methyl sites for hydroxylation is 1. The highest BCUT2D eigenvalue weighted by molar-refractivity contribution is 5.95. The van der Waals surface area contributed by atoms with Crippen LogP contribution in [0.25, 0.3) is 5.69 Å². The number of carbonyl (C=O) groups excluding carboxylic acids is 1. The van der Waals surface area contributed by atoms with Crippen LogP contribution in [-0.4, -0.2) is 31.8 Å². The smallest absolute Gasteiger partial charge is 0.330 e. The number of aromatic nitrogens is 4. The number of hydrogen-bond acceptors (Lipinski definition) is 5. The molecular formula is C24H32N6O3. The molecule has 176 valence electrons. The average Bonchev–Trinajstić information content (AvgIpc) is 3.23. The molecule has 9 heteroatoms. The van der Waals surface area contributed by atoms with Gasteiger partial charge >= 0.3 is 5.69 Å². The van der Waals surface area contributed by atoms with Crippen LogP contribution < -0.4 is 21.9 Å². The molecule has 0 atom stereocenters. The molecule has 0 bridgehead atoms. The predicted molar refractivity (Wildman–Crippen MR) is 130 cm³/mol. The first-order valence-corrected chi connectivity index (χ1v) is 11.2. The number of anilines is 2. The van der Waals surface area contributed by atoms with Crippen LogP contribution in [0.4, 0.5) is 11.5 Å². The molecule has 1 aromatic carbocycles. The summed E-state index contributed by atoms with van der Waals surface area (Å²) < 4.78 is 3.09. The fourth-order valence-corrected chi connectivity index (χ4v) is 3.66. The van der Waals surface area contributed by atoms with Crippen molar-refractivity contribution < 1.29 is 4.79 Å². The molecule has 9 nitrogen and oxygen atoms in total. The van der Waals surface area contributed by atoms with E-state index in [1.165, 1.54) is 9.47 Å².